The topological polar surface area (TPSA) is 91.8 Å². The fourth-order valence-electron chi connectivity index (χ4n) is 2.78. The molecule has 31 heavy (non-hydrogen) atoms. The highest BCUT2D eigenvalue weighted by atomic mass is 16.6. The number of carbonyl (C=O) groups is 1. The molecule has 8 heteroatoms. The van der Waals surface area contributed by atoms with Gasteiger partial charge in [-0.1, -0.05) is 5.92 Å². The van der Waals surface area contributed by atoms with E-state index in [2.05, 4.69) is 21.2 Å². The van der Waals surface area contributed by atoms with Crippen molar-refractivity contribution in [2.75, 3.05) is 38.9 Å². The molecular weight excluding hydrogens is 398 g/mol. The van der Waals surface area contributed by atoms with E-state index in [0.29, 0.717) is 41.8 Å². The molecule has 1 aromatic heterocycles. The van der Waals surface area contributed by atoms with E-state index >= 15 is 0 Å². The summed E-state index contributed by atoms with van der Waals surface area (Å²) in [6, 6.07) is 10.9. The van der Waals surface area contributed by atoms with Gasteiger partial charge in [0.2, 0.25) is 0 Å². The number of hydrogen-bond donors (Lipinski definition) is 1. The van der Waals surface area contributed by atoms with Crippen LogP contribution in [0.3, 0.4) is 0 Å². The summed E-state index contributed by atoms with van der Waals surface area (Å²) in [5, 5.41) is 4.08. The third-order valence-corrected chi connectivity index (χ3v) is 4.21. The van der Waals surface area contributed by atoms with Crippen molar-refractivity contribution < 1.29 is 23.7 Å². The first-order chi connectivity index (χ1) is 15.1. The minimum absolute atomic E-state index is 0.147. The number of hydrogen-bond acceptors (Lipinski definition) is 8. The quantitative estimate of drug-likeness (QED) is 0.303. The molecule has 1 N–H and O–H groups in total. The number of methoxy groups -OCH3 is 1. The van der Waals surface area contributed by atoms with Crippen molar-refractivity contribution in [3.63, 3.8) is 0 Å². The van der Waals surface area contributed by atoms with Crippen molar-refractivity contribution in [2.45, 2.75) is 6.92 Å². The number of aromatic nitrogens is 2. The molecule has 0 aliphatic rings. The molecule has 0 saturated heterocycles. The summed E-state index contributed by atoms with van der Waals surface area (Å²) in [5.41, 5.74) is 2.04. The van der Waals surface area contributed by atoms with Crippen LogP contribution in [0.4, 0.5) is 11.5 Å². The summed E-state index contributed by atoms with van der Waals surface area (Å²) in [6.07, 6.45) is 7.02. The van der Waals surface area contributed by atoms with Gasteiger partial charge < -0.3 is 24.3 Å². The minimum atomic E-state index is -0.359. The highest BCUT2D eigenvalue weighted by molar-refractivity contribution is 5.92. The molecule has 0 bridgehead atoms. The Bertz CT molecular complexity index is 1090. The largest absolute Gasteiger partial charge is 0.491 e. The van der Waals surface area contributed by atoms with Crippen molar-refractivity contribution >= 4 is 28.4 Å². The summed E-state index contributed by atoms with van der Waals surface area (Å²) in [6.45, 7) is 2.65. The molecule has 0 unspecified atom stereocenters. The predicted molar refractivity (Wildman–Crippen MR) is 117 cm³/mol. The van der Waals surface area contributed by atoms with Gasteiger partial charge in [0.25, 0.3) is 0 Å². The van der Waals surface area contributed by atoms with Crippen LogP contribution in [0.15, 0.2) is 42.7 Å². The van der Waals surface area contributed by atoms with Crippen LogP contribution in [0, 0.1) is 12.3 Å². The van der Waals surface area contributed by atoms with Gasteiger partial charge in [-0.05, 0) is 30.3 Å². The van der Waals surface area contributed by atoms with Crippen molar-refractivity contribution in [1.82, 2.24) is 9.97 Å². The zero-order chi connectivity index (χ0) is 22.1. The summed E-state index contributed by atoms with van der Waals surface area (Å²) in [4.78, 5) is 19.6. The molecule has 0 amide bonds. The molecule has 1 heterocycles. The molecule has 0 aliphatic carbocycles. The minimum Gasteiger partial charge on any atom is -0.491 e. The molecule has 0 aliphatic heterocycles. The Morgan fingerprint density at radius 3 is 2.68 bits per heavy atom. The molecular formula is C23H23N3O5. The predicted octanol–water partition coefficient (Wildman–Crippen LogP) is 3.32. The fraction of sp³-hybridized carbons (Fsp3) is 0.261. The van der Waals surface area contributed by atoms with Crippen LogP contribution >= 0.6 is 0 Å². The maximum atomic E-state index is 10.9. The number of nitrogens with zero attached hydrogens (tertiary/aromatic N) is 2. The van der Waals surface area contributed by atoms with E-state index in [1.54, 1.807) is 25.3 Å². The number of ether oxygens (including phenoxy) is 4. The standard InChI is InChI=1S/C23H23N3O5/c1-4-17-5-8-22(31-12-11-29-16(2)27)21(13-17)26-23-19-7-6-18(30-10-9-28-3)14-20(19)24-15-25-23/h1,5-8,13-15H,9-12H2,2-3H3,(H,24,25,26). The normalized spacial score (nSPS) is 10.4. The average molecular weight is 421 g/mol. The van der Waals surface area contributed by atoms with E-state index in [-0.39, 0.29) is 19.2 Å². The van der Waals surface area contributed by atoms with Crippen LogP contribution in [0.5, 0.6) is 11.5 Å². The van der Waals surface area contributed by atoms with Crippen LogP contribution in [0.1, 0.15) is 12.5 Å². The second-order valence-electron chi connectivity index (χ2n) is 6.41. The first-order valence-electron chi connectivity index (χ1n) is 9.61. The number of esters is 1. The number of terminal acetylenes is 1. The van der Waals surface area contributed by atoms with Gasteiger partial charge in [0.05, 0.1) is 17.8 Å². The Kier molecular flexibility index (Phi) is 7.62. The van der Waals surface area contributed by atoms with Crippen molar-refractivity contribution in [3.05, 3.63) is 48.3 Å². The van der Waals surface area contributed by atoms with E-state index in [9.17, 15) is 4.79 Å². The number of carbonyl (C=O) groups excluding carboxylic acids is 1. The number of anilines is 2. The van der Waals surface area contributed by atoms with E-state index in [1.165, 1.54) is 13.3 Å². The van der Waals surface area contributed by atoms with Crippen molar-refractivity contribution in [3.8, 4) is 23.8 Å². The van der Waals surface area contributed by atoms with E-state index in [4.69, 9.17) is 25.4 Å². The zero-order valence-corrected chi connectivity index (χ0v) is 17.4. The second-order valence-corrected chi connectivity index (χ2v) is 6.41. The van der Waals surface area contributed by atoms with Gasteiger partial charge in [-0.3, -0.25) is 4.79 Å². The lowest BCUT2D eigenvalue weighted by Gasteiger charge is -2.15. The van der Waals surface area contributed by atoms with Gasteiger partial charge in [0, 0.05) is 31.0 Å². The summed E-state index contributed by atoms with van der Waals surface area (Å²) in [7, 11) is 1.62. The molecule has 2 aromatic carbocycles. The molecule has 160 valence electrons. The third-order valence-electron chi connectivity index (χ3n) is 4.21. The molecule has 3 rings (SSSR count). The third kappa shape index (κ3) is 6.07. The second kappa shape index (κ2) is 10.8. The average Bonchev–Trinajstić information content (AvgIpc) is 2.77. The Morgan fingerprint density at radius 2 is 1.90 bits per heavy atom. The SMILES string of the molecule is C#Cc1ccc(OCCOC(C)=O)c(Nc2ncnc3cc(OCCOC)ccc23)c1. The summed E-state index contributed by atoms with van der Waals surface area (Å²) < 4.78 is 21.3. The number of rotatable bonds is 10. The van der Waals surface area contributed by atoms with Gasteiger partial charge in [0.1, 0.15) is 43.5 Å². The van der Waals surface area contributed by atoms with E-state index in [0.717, 1.165) is 10.9 Å². The Labute approximate surface area is 180 Å². The van der Waals surface area contributed by atoms with Gasteiger partial charge in [0.15, 0.2) is 0 Å². The van der Waals surface area contributed by atoms with Gasteiger partial charge >= 0.3 is 5.97 Å². The van der Waals surface area contributed by atoms with Crippen molar-refractivity contribution in [2.24, 2.45) is 0 Å². The monoisotopic (exact) mass is 421 g/mol. The Balaban J connectivity index is 1.83. The molecule has 8 nitrogen and oxygen atoms in total. The zero-order valence-electron chi connectivity index (χ0n) is 17.4. The van der Waals surface area contributed by atoms with Crippen LogP contribution in [0.2, 0.25) is 0 Å². The lowest BCUT2D eigenvalue weighted by atomic mass is 10.1. The van der Waals surface area contributed by atoms with E-state index in [1.807, 2.05) is 18.2 Å². The number of fused-ring (bicyclic) bond motifs is 1. The molecule has 0 radical (unpaired) electrons. The first kappa shape index (κ1) is 21.9. The molecule has 0 saturated carbocycles. The maximum Gasteiger partial charge on any atom is 0.302 e. The molecule has 3 aromatic rings. The van der Waals surface area contributed by atoms with Crippen molar-refractivity contribution in [1.29, 1.82) is 0 Å². The highest BCUT2D eigenvalue weighted by Gasteiger charge is 2.10. The summed E-state index contributed by atoms with van der Waals surface area (Å²) in [5.74, 6) is 4.08. The molecule has 0 spiro atoms. The van der Waals surface area contributed by atoms with Crippen LogP contribution in [0.25, 0.3) is 10.9 Å². The summed E-state index contributed by atoms with van der Waals surface area (Å²) >= 11 is 0. The van der Waals surface area contributed by atoms with E-state index < -0.39 is 0 Å². The maximum absolute atomic E-state index is 10.9. The lowest BCUT2D eigenvalue weighted by Crippen LogP contribution is -2.10. The number of nitrogens with one attached hydrogen (secondary N) is 1. The fourth-order valence-corrected chi connectivity index (χ4v) is 2.78. The first-order valence-corrected chi connectivity index (χ1v) is 9.61. The smallest absolute Gasteiger partial charge is 0.302 e. The van der Waals surface area contributed by atoms with Crippen LogP contribution in [-0.2, 0) is 14.3 Å². The van der Waals surface area contributed by atoms with Gasteiger partial charge in [-0.25, -0.2) is 9.97 Å². The Hall–Kier alpha value is -3.83. The van der Waals surface area contributed by atoms with Gasteiger partial charge in [-0.15, -0.1) is 6.42 Å². The number of benzene rings is 2. The van der Waals surface area contributed by atoms with Crippen LogP contribution < -0.4 is 14.8 Å². The van der Waals surface area contributed by atoms with Crippen LogP contribution in [-0.4, -0.2) is 49.5 Å². The lowest BCUT2D eigenvalue weighted by molar-refractivity contribution is -0.141. The Morgan fingerprint density at radius 1 is 1.06 bits per heavy atom. The highest BCUT2D eigenvalue weighted by Crippen LogP contribution is 2.31. The van der Waals surface area contributed by atoms with Gasteiger partial charge in [-0.2, -0.15) is 0 Å². The molecule has 0 atom stereocenters. The molecule has 0 fully saturated rings.